The molecule has 3 nitrogen and oxygen atoms in total. The normalized spacial score (nSPS) is 10.3. The summed E-state index contributed by atoms with van der Waals surface area (Å²) in [5.41, 5.74) is 1.13. The van der Waals surface area contributed by atoms with Crippen molar-refractivity contribution in [3.8, 4) is 0 Å². The van der Waals surface area contributed by atoms with Crippen molar-refractivity contribution in [3.05, 3.63) is 15.5 Å². The van der Waals surface area contributed by atoms with Gasteiger partial charge in [-0.05, 0) is 22.6 Å². The Labute approximate surface area is 73.5 Å². The number of aromatic nitrogens is 2. The van der Waals surface area contributed by atoms with E-state index in [1.807, 2.05) is 17.9 Å². The minimum atomic E-state index is 0.634. The highest BCUT2D eigenvalue weighted by molar-refractivity contribution is 14.1. The Hall–Kier alpha value is -0.100. The Morgan fingerprint density at radius 3 is 2.90 bits per heavy atom. The van der Waals surface area contributed by atoms with E-state index < -0.39 is 0 Å². The van der Waals surface area contributed by atoms with Gasteiger partial charge in [-0.15, -0.1) is 0 Å². The van der Waals surface area contributed by atoms with E-state index in [2.05, 4.69) is 27.7 Å². The van der Waals surface area contributed by atoms with E-state index in [1.54, 1.807) is 7.11 Å². The number of halogens is 1. The Morgan fingerprint density at radius 2 is 2.50 bits per heavy atom. The first-order chi connectivity index (χ1) is 4.75. The van der Waals surface area contributed by atoms with Crippen LogP contribution >= 0.6 is 22.6 Å². The van der Waals surface area contributed by atoms with Crippen LogP contribution in [0.2, 0.25) is 0 Å². The molecule has 0 saturated heterocycles. The predicted molar refractivity (Wildman–Crippen MR) is 46.6 cm³/mol. The standard InChI is InChI=1S/C6H9IN2O/c1-9-6(4-10-2)5(7)3-8-9/h3H,4H2,1-2H3. The van der Waals surface area contributed by atoms with Gasteiger partial charge in [0.05, 0.1) is 22.1 Å². The molecule has 0 unspecified atom stereocenters. The minimum absolute atomic E-state index is 0.634. The predicted octanol–water partition coefficient (Wildman–Crippen LogP) is 1.17. The fourth-order valence-electron chi connectivity index (χ4n) is 0.735. The summed E-state index contributed by atoms with van der Waals surface area (Å²) in [6.07, 6.45) is 1.83. The molecule has 0 aliphatic rings. The molecule has 0 saturated carbocycles. The molecule has 1 aromatic heterocycles. The molecule has 1 rings (SSSR count). The second-order valence-electron chi connectivity index (χ2n) is 2.00. The van der Waals surface area contributed by atoms with Gasteiger partial charge in [-0.1, -0.05) is 0 Å². The van der Waals surface area contributed by atoms with E-state index in [1.165, 1.54) is 0 Å². The third kappa shape index (κ3) is 1.49. The van der Waals surface area contributed by atoms with Crippen molar-refractivity contribution in [3.63, 3.8) is 0 Å². The van der Waals surface area contributed by atoms with Crippen LogP contribution in [-0.4, -0.2) is 16.9 Å². The SMILES string of the molecule is COCc1c(I)cnn1C. The fraction of sp³-hybridized carbons (Fsp3) is 0.500. The summed E-state index contributed by atoms with van der Waals surface area (Å²) in [5.74, 6) is 0. The Morgan fingerprint density at radius 1 is 1.80 bits per heavy atom. The van der Waals surface area contributed by atoms with Gasteiger partial charge in [0.2, 0.25) is 0 Å². The summed E-state index contributed by atoms with van der Waals surface area (Å²) in [4.78, 5) is 0. The van der Waals surface area contributed by atoms with Gasteiger partial charge in [-0.2, -0.15) is 5.10 Å². The van der Waals surface area contributed by atoms with Crippen LogP contribution in [0, 0.1) is 3.57 Å². The molecule has 1 heterocycles. The van der Waals surface area contributed by atoms with Gasteiger partial charge >= 0.3 is 0 Å². The van der Waals surface area contributed by atoms with Gasteiger partial charge in [0.25, 0.3) is 0 Å². The van der Waals surface area contributed by atoms with Crippen LogP contribution in [0.25, 0.3) is 0 Å². The van der Waals surface area contributed by atoms with Crippen molar-refractivity contribution in [2.24, 2.45) is 7.05 Å². The third-order valence-corrected chi connectivity index (χ3v) is 2.19. The molecule has 0 aliphatic carbocycles. The van der Waals surface area contributed by atoms with E-state index in [0.717, 1.165) is 9.26 Å². The molecule has 0 N–H and O–H groups in total. The number of nitrogens with zero attached hydrogens (tertiary/aromatic N) is 2. The number of methoxy groups -OCH3 is 1. The molecule has 56 valence electrons. The van der Waals surface area contributed by atoms with Crippen molar-refractivity contribution in [2.75, 3.05) is 7.11 Å². The quantitative estimate of drug-likeness (QED) is 0.739. The van der Waals surface area contributed by atoms with Crippen LogP contribution in [0.4, 0.5) is 0 Å². The maximum atomic E-state index is 4.98. The fourth-order valence-corrected chi connectivity index (χ4v) is 1.36. The van der Waals surface area contributed by atoms with Crippen molar-refractivity contribution in [1.82, 2.24) is 9.78 Å². The lowest BCUT2D eigenvalue weighted by atomic mass is 10.5. The zero-order chi connectivity index (χ0) is 7.56. The van der Waals surface area contributed by atoms with Crippen molar-refractivity contribution in [2.45, 2.75) is 6.61 Å². The zero-order valence-corrected chi connectivity index (χ0v) is 8.12. The average molecular weight is 252 g/mol. The topological polar surface area (TPSA) is 27.1 Å². The van der Waals surface area contributed by atoms with E-state index in [0.29, 0.717) is 6.61 Å². The lowest BCUT2D eigenvalue weighted by Gasteiger charge is -1.99. The molecular formula is C6H9IN2O. The highest BCUT2D eigenvalue weighted by Gasteiger charge is 2.03. The van der Waals surface area contributed by atoms with Gasteiger partial charge < -0.3 is 4.74 Å². The molecule has 0 fully saturated rings. The first-order valence-electron chi connectivity index (χ1n) is 2.91. The zero-order valence-electron chi connectivity index (χ0n) is 5.97. The van der Waals surface area contributed by atoms with Crippen LogP contribution in [-0.2, 0) is 18.4 Å². The first-order valence-corrected chi connectivity index (χ1v) is 3.99. The van der Waals surface area contributed by atoms with Crippen molar-refractivity contribution >= 4 is 22.6 Å². The highest BCUT2D eigenvalue weighted by Crippen LogP contribution is 2.10. The van der Waals surface area contributed by atoms with Crippen molar-refractivity contribution in [1.29, 1.82) is 0 Å². The van der Waals surface area contributed by atoms with Gasteiger partial charge in [0.1, 0.15) is 0 Å². The molecule has 0 aromatic carbocycles. The van der Waals surface area contributed by atoms with Gasteiger partial charge in [-0.25, -0.2) is 0 Å². The van der Waals surface area contributed by atoms with E-state index in [9.17, 15) is 0 Å². The van der Waals surface area contributed by atoms with E-state index in [4.69, 9.17) is 4.74 Å². The van der Waals surface area contributed by atoms with Crippen LogP contribution < -0.4 is 0 Å². The van der Waals surface area contributed by atoms with Gasteiger partial charge in [-0.3, -0.25) is 4.68 Å². The number of aryl methyl sites for hydroxylation is 1. The Bertz CT molecular complexity index is 202. The van der Waals surface area contributed by atoms with Gasteiger partial charge in [0.15, 0.2) is 0 Å². The second kappa shape index (κ2) is 3.34. The summed E-state index contributed by atoms with van der Waals surface area (Å²) in [6, 6.07) is 0. The largest absolute Gasteiger partial charge is 0.378 e. The maximum Gasteiger partial charge on any atom is 0.0891 e. The van der Waals surface area contributed by atoms with Crippen LogP contribution in [0.5, 0.6) is 0 Å². The van der Waals surface area contributed by atoms with Crippen LogP contribution in [0.3, 0.4) is 0 Å². The minimum Gasteiger partial charge on any atom is -0.378 e. The first kappa shape index (κ1) is 8.00. The molecule has 0 aliphatic heterocycles. The molecule has 0 bridgehead atoms. The summed E-state index contributed by atoms with van der Waals surface area (Å²) < 4.78 is 7.96. The average Bonchev–Trinajstić information content (AvgIpc) is 2.20. The number of hydrogen-bond acceptors (Lipinski definition) is 2. The summed E-state index contributed by atoms with van der Waals surface area (Å²) in [6.45, 7) is 0.634. The molecule has 0 spiro atoms. The Balaban J connectivity index is 2.87. The number of ether oxygens (including phenoxy) is 1. The lowest BCUT2D eigenvalue weighted by molar-refractivity contribution is 0.177. The second-order valence-corrected chi connectivity index (χ2v) is 3.16. The maximum absolute atomic E-state index is 4.98. The number of hydrogen-bond donors (Lipinski definition) is 0. The van der Waals surface area contributed by atoms with E-state index in [-0.39, 0.29) is 0 Å². The molecule has 0 atom stereocenters. The van der Waals surface area contributed by atoms with Gasteiger partial charge in [0, 0.05) is 14.2 Å². The summed E-state index contributed by atoms with van der Waals surface area (Å²) >= 11 is 2.24. The molecule has 10 heavy (non-hydrogen) atoms. The smallest absolute Gasteiger partial charge is 0.0891 e. The lowest BCUT2D eigenvalue weighted by Crippen LogP contribution is -2.00. The highest BCUT2D eigenvalue weighted by atomic mass is 127. The van der Waals surface area contributed by atoms with Crippen molar-refractivity contribution < 1.29 is 4.74 Å². The van der Waals surface area contributed by atoms with E-state index >= 15 is 0 Å². The van der Waals surface area contributed by atoms with Crippen LogP contribution in [0.1, 0.15) is 5.69 Å². The van der Waals surface area contributed by atoms with Crippen LogP contribution in [0.15, 0.2) is 6.20 Å². The number of rotatable bonds is 2. The summed E-state index contributed by atoms with van der Waals surface area (Å²) in [7, 11) is 3.60. The summed E-state index contributed by atoms with van der Waals surface area (Å²) in [5, 5.41) is 4.06. The molecule has 4 heteroatoms. The molecule has 1 aromatic rings. The Kier molecular flexibility index (Phi) is 2.67. The third-order valence-electron chi connectivity index (χ3n) is 1.29. The molecular weight excluding hydrogens is 243 g/mol. The molecule has 0 amide bonds. The monoisotopic (exact) mass is 252 g/mol. The molecule has 0 radical (unpaired) electrons.